The van der Waals surface area contributed by atoms with E-state index in [2.05, 4.69) is 16.7 Å². The Morgan fingerprint density at radius 1 is 1.07 bits per heavy atom. The van der Waals surface area contributed by atoms with Gasteiger partial charge in [0.15, 0.2) is 0 Å². The zero-order valence-electron chi connectivity index (χ0n) is 8.40. The van der Waals surface area contributed by atoms with Crippen molar-refractivity contribution in [3.63, 3.8) is 0 Å². The molecular formula is C12H13NO. The van der Waals surface area contributed by atoms with Gasteiger partial charge in [-0.05, 0) is 24.3 Å². The van der Waals surface area contributed by atoms with E-state index in [0.29, 0.717) is 0 Å². The van der Waals surface area contributed by atoms with Crippen molar-refractivity contribution in [2.24, 2.45) is 7.05 Å². The Balaban J connectivity index is 2.56. The molecule has 0 fully saturated rings. The Bertz CT molecular complexity index is 431. The minimum absolute atomic E-state index is 0.911. The van der Waals surface area contributed by atoms with Gasteiger partial charge < -0.3 is 9.30 Å². The SMILES string of the molecule is COc1ccccc1-c1cccn1C. The summed E-state index contributed by atoms with van der Waals surface area (Å²) in [7, 11) is 3.73. The maximum absolute atomic E-state index is 5.31. The predicted octanol–water partition coefficient (Wildman–Crippen LogP) is 2.70. The van der Waals surface area contributed by atoms with E-state index >= 15 is 0 Å². The molecule has 2 aromatic rings. The number of benzene rings is 1. The van der Waals surface area contributed by atoms with Gasteiger partial charge in [-0.25, -0.2) is 0 Å². The fourth-order valence-corrected chi connectivity index (χ4v) is 1.60. The molecular weight excluding hydrogens is 174 g/mol. The van der Waals surface area contributed by atoms with E-state index in [9.17, 15) is 0 Å². The summed E-state index contributed by atoms with van der Waals surface area (Å²) in [5.41, 5.74) is 2.30. The van der Waals surface area contributed by atoms with Crippen LogP contribution in [-0.2, 0) is 7.05 Å². The molecule has 0 aliphatic rings. The number of ether oxygens (including phenoxy) is 1. The molecule has 0 spiro atoms. The third-order valence-electron chi connectivity index (χ3n) is 2.33. The summed E-state index contributed by atoms with van der Waals surface area (Å²) in [5, 5.41) is 0. The topological polar surface area (TPSA) is 14.2 Å². The second kappa shape index (κ2) is 3.58. The molecule has 2 rings (SSSR count). The molecule has 1 heterocycles. The van der Waals surface area contributed by atoms with E-state index in [4.69, 9.17) is 4.74 Å². The van der Waals surface area contributed by atoms with Crippen molar-refractivity contribution < 1.29 is 4.74 Å². The first-order valence-corrected chi connectivity index (χ1v) is 4.57. The van der Waals surface area contributed by atoms with Gasteiger partial charge in [0.05, 0.1) is 12.8 Å². The molecule has 0 unspecified atom stereocenters. The van der Waals surface area contributed by atoms with Gasteiger partial charge in [0, 0.05) is 18.8 Å². The Kier molecular flexibility index (Phi) is 2.27. The summed E-state index contributed by atoms with van der Waals surface area (Å²) in [6, 6.07) is 12.1. The zero-order chi connectivity index (χ0) is 9.97. The summed E-state index contributed by atoms with van der Waals surface area (Å²) in [6.45, 7) is 0. The largest absolute Gasteiger partial charge is 0.496 e. The van der Waals surface area contributed by atoms with Gasteiger partial charge in [-0.1, -0.05) is 12.1 Å². The Morgan fingerprint density at radius 2 is 1.86 bits per heavy atom. The third-order valence-corrected chi connectivity index (χ3v) is 2.33. The molecule has 0 radical (unpaired) electrons. The van der Waals surface area contributed by atoms with Crippen molar-refractivity contribution in [1.29, 1.82) is 0 Å². The standard InChI is InChI=1S/C12H13NO/c1-13-9-5-7-11(13)10-6-3-4-8-12(10)14-2/h3-9H,1-2H3. The molecule has 0 amide bonds. The second-order valence-corrected chi connectivity index (χ2v) is 3.20. The second-order valence-electron chi connectivity index (χ2n) is 3.20. The van der Waals surface area contributed by atoms with Crippen LogP contribution in [0.3, 0.4) is 0 Å². The predicted molar refractivity (Wildman–Crippen MR) is 57.4 cm³/mol. The van der Waals surface area contributed by atoms with Crippen LogP contribution in [0.4, 0.5) is 0 Å². The summed E-state index contributed by atoms with van der Waals surface area (Å²) in [5.74, 6) is 0.911. The highest BCUT2D eigenvalue weighted by Gasteiger charge is 2.06. The maximum atomic E-state index is 5.31. The van der Waals surface area contributed by atoms with Crippen LogP contribution in [0.1, 0.15) is 0 Å². The van der Waals surface area contributed by atoms with E-state index in [0.717, 1.165) is 11.3 Å². The Hall–Kier alpha value is -1.70. The molecule has 2 nitrogen and oxygen atoms in total. The molecule has 0 atom stereocenters. The van der Waals surface area contributed by atoms with Gasteiger partial charge in [0.2, 0.25) is 0 Å². The summed E-state index contributed by atoms with van der Waals surface area (Å²) >= 11 is 0. The summed E-state index contributed by atoms with van der Waals surface area (Å²) < 4.78 is 7.39. The molecule has 72 valence electrons. The number of methoxy groups -OCH3 is 1. The number of aromatic nitrogens is 1. The quantitative estimate of drug-likeness (QED) is 0.705. The molecule has 0 saturated heterocycles. The average molecular weight is 187 g/mol. The number of hydrogen-bond acceptors (Lipinski definition) is 1. The lowest BCUT2D eigenvalue weighted by molar-refractivity contribution is 0.416. The van der Waals surface area contributed by atoms with E-state index in [1.807, 2.05) is 37.5 Å². The van der Waals surface area contributed by atoms with Crippen LogP contribution in [-0.4, -0.2) is 11.7 Å². The van der Waals surface area contributed by atoms with Crippen LogP contribution in [0.25, 0.3) is 11.3 Å². The first-order valence-electron chi connectivity index (χ1n) is 4.57. The molecule has 14 heavy (non-hydrogen) atoms. The van der Waals surface area contributed by atoms with Crippen LogP contribution >= 0.6 is 0 Å². The summed E-state index contributed by atoms with van der Waals surface area (Å²) in [6.07, 6.45) is 2.03. The smallest absolute Gasteiger partial charge is 0.128 e. The normalized spacial score (nSPS) is 10.1. The van der Waals surface area contributed by atoms with Crippen molar-refractivity contribution >= 4 is 0 Å². The molecule has 1 aromatic heterocycles. The van der Waals surface area contributed by atoms with Gasteiger partial charge in [0.25, 0.3) is 0 Å². The van der Waals surface area contributed by atoms with Crippen LogP contribution in [0.2, 0.25) is 0 Å². The van der Waals surface area contributed by atoms with E-state index in [-0.39, 0.29) is 0 Å². The van der Waals surface area contributed by atoms with Gasteiger partial charge >= 0.3 is 0 Å². The molecule has 0 saturated carbocycles. The van der Waals surface area contributed by atoms with Gasteiger partial charge in [-0.15, -0.1) is 0 Å². The third kappa shape index (κ3) is 1.39. The lowest BCUT2D eigenvalue weighted by Gasteiger charge is -2.08. The van der Waals surface area contributed by atoms with Crippen LogP contribution in [0, 0.1) is 0 Å². The average Bonchev–Trinajstić information content (AvgIpc) is 2.64. The van der Waals surface area contributed by atoms with Crippen LogP contribution in [0.5, 0.6) is 5.75 Å². The number of rotatable bonds is 2. The lowest BCUT2D eigenvalue weighted by Crippen LogP contribution is -1.92. The van der Waals surface area contributed by atoms with Crippen molar-refractivity contribution in [3.05, 3.63) is 42.6 Å². The Labute approximate surface area is 83.8 Å². The Morgan fingerprint density at radius 3 is 2.50 bits per heavy atom. The molecule has 0 bridgehead atoms. The number of nitrogens with zero attached hydrogens (tertiary/aromatic N) is 1. The highest BCUT2D eigenvalue weighted by Crippen LogP contribution is 2.28. The number of hydrogen-bond donors (Lipinski definition) is 0. The van der Waals surface area contributed by atoms with Gasteiger partial charge in [-0.3, -0.25) is 0 Å². The minimum atomic E-state index is 0.911. The first kappa shape index (κ1) is 8.88. The molecule has 1 aromatic carbocycles. The highest BCUT2D eigenvalue weighted by atomic mass is 16.5. The minimum Gasteiger partial charge on any atom is -0.496 e. The molecule has 0 N–H and O–H groups in total. The van der Waals surface area contributed by atoms with Crippen molar-refractivity contribution in [3.8, 4) is 17.0 Å². The molecule has 2 heteroatoms. The van der Waals surface area contributed by atoms with E-state index in [1.54, 1.807) is 7.11 Å². The summed E-state index contributed by atoms with van der Waals surface area (Å²) in [4.78, 5) is 0. The number of para-hydroxylation sites is 1. The van der Waals surface area contributed by atoms with Gasteiger partial charge in [0.1, 0.15) is 5.75 Å². The van der Waals surface area contributed by atoms with Crippen molar-refractivity contribution in [1.82, 2.24) is 4.57 Å². The lowest BCUT2D eigenvalue weighted by atomic mass is 10.1. The fraction of sp³-hybridized carbons (Fsp3) is 0.167. The van der Waals surface area contributed by atoms with Gasteiger partial charge in [-0.2, -0.15) is 0 Å². The van der Waals surface area contributed by atoms with Crippen molar-refractivity contribution in [2.45, 2.75) is 0 Å². The molecule has 0 aliphatic carbocycles. The highest BCUT2D eigenvalue weighted by molar-refractivity contribution is 5.67. The van der Waals surface area contributed by atoms with Crippen LogP contribution < -0.4 is 4.74 Å². The van der Waals surface area contributed by atoms with E-state index in [1.165, 1.54) is 5.69 Å². The number of aryl methyl sites for hydroxylation is 1. The first-order chi connectivity index (χ1) is 6.83. The van der Waals surface area contributed by atoms with E-state index < -0.39 is 0 Å². The maximum Gasteiger partial charge on any atom is 0.128 e. The fourth-order valence-electron chi connectivity index (χ4n) is 1.60. The monoisotopic (exact) mass is 187 g/mol. The molecule has 0 aliphatic heterocycles. The van der Waals surface area contributed by atoms with Crippen molar-refractivity contribution in [2.75, 3.05) is 7.11 Å². The zero-order valence-corrected chi connectivity index (χ0v) is 8.40. The van der Waals surface area contributed by atoms with Crippen LogP contribution in [0.15, 0.2) is 42.6 Å².